The monoisotopic (exact) mass is 294 g/mol. The molecule has 1 aromatic heterocycles. The Balaban J connectivity index is 1.63. The fourth-order valence-electron chi connectivity index (χ4n) is 2.01. The second kappa shape index (κ2) is 8.68. The Bertz CT molecular complexity index is 407. The van der Waals surface area contributed by atoms with E-state index in [2.05, 4.69) is 20.6 Å². The van der Waals surface area contributed by atoms with Crippen LogP contribution in [0.25, 0.3) is 0 Å². The zero-order valence-corrected chi connectivity index (χ0v) is 12.7. The average Bonchev–Trinajstić information content (AvgIpc) is 2.52. The summed E-state index contributed by atoms with van der Waals surface area (Å²) in [7, 11) is 1.80. The highest BCUT2D eigenvalue weighted by atomic mass is 32.2. The zero-order chi connectivity index (χ0) is 14.0. The van der Waals surface area contributed by atoms with E-state index in [1.807, 2.05) is 23.9 Å². The summed E-state index contributed by atoms with van der Waals surface area (Å²) in [6, 6.07) is 4.29. The number of nitrogens with zero attached hydrogens (tertiary/aromatic N) is 2. The van der Waals surface area contributed by atoms with Gasteiger partial charge >= 0.3 is 0 Å². The molecule has 1 aliphatic rings. The van der Waals surface area contributed by atoms with Crippen LogP contribution in [0.2, 0.25) is 0 Å². The normalized spacial score (nSPS) is 19.4. The number of aliphatic imine (C=N–C) groups is 1. The minimum absolute atomic E-state index is 0.527. The summed E-state index contributed by atoms with van der Waals surface area (Å²) < 4.78 is 5.58. The van der Waals surface area contributed by atoms with Gasteiger partial charge in [0.25, 0.3) is 0 Å². The van der Waals surface area contributed by atoms with Crippen molar-refractivity contribution in [3.63, 3.8) is 0 Å². The van der Waals surface area contributed by atoms with E-state index in [0.29, 0.717) is 19.2 Å². The lowest BCUT2D eigenvalue weighted by molar-refractivity contribution is 0.320. The molecule has 5 nitrogen and oxygen atoms in total. The predicted octanol–water partition coefficient (Wildman–Crippen LogP) is 1.52. The Hall–Kier alpha value is -1.43. The Morgan fingerprint density at radius 2 is 2.55 bits per heavy atom. The average molecular weight is 294 g/mol. The molecule has 2 rings (SSSR count). The first-order chi connectivity index (χ1) is 9.88. The lowest BCUT2D eigenvalue weighted by Gasteiger charge is -2.24. The van der Waals surface area contributed by atoms with E-state index in [9.17, 15) is 0 Å². The first kappa shape index (κ1) is 15.0. The fraction of sp³-hybridized carbons (Fsp3) is 0.571. The van der Waals surface area contributed by atoms with Gasteiger partial charge in [-0.3, -0.25) is 9.98 Å². The van der Waals surface area contributed by atoms with Crippen LogP contribution < -0.4 is 15.4 Å². The van der Waals surface area contributed by atoms with E-state index >= 15 is 0 Å². The second-order valence-corrected chi connectivity index (χ2v) is 5.74. The van der Waals surface area contributed by atoms with Gasteiger partial charge in [-0.15, -0.1) is 0 Å². The minimum Gasteiger partial charge on any atom is -0.490 e. The number of hydrogen-bond donors (Lipinski definition) is 2. The minimum atomic E-state index is 0.527. The lowest BCUT2D eigenvalue weighted by Crippen LogP contribution is -2.46. The highest BCUT2D eigenvalue weighted by molar-refractivity contribution is 7.99. The smallest absolute Gasteiger partial charge is 0.191 e. The molecule has 0 saturated carbocycles. The molecule has 2 heterocycles. The molecule has 1 saturated heterocycles. The summed E-state index contributed by atoms with van der Waals surface area (Å²) in [6.07, 6.45) is 5.95. The van der Waals surface area contributed by atoms with Crippen LogP contribution in [0.4, 0.5) is 0 Å². The van der Waals surface area contributed by atoms with Gasteiger partial charge in [-0.2, -0.15) is 11.8 Å². The standard InChI is InChI=1S/C14H22N4OS/c1-15-14(18-12-4-3-9-20-11-12)17-7-8-19-13-5-2-6-16-10-13/h2,5-6,10,12H,3-4,7-9,11H2,1H3,(H2,15,17,18). The van der Waals surface area contributed by atoms with Crippen molar-refractivity contribution in [1.29, 1.82) is 0 Å². The molecule has 1 aromatic rings. The van der Waals surface area contributed by atoms with Gasteiger partial charge in [0, 0.05) is 25.0 Å². The third-order valence-corrected chi connectivity index (χ3v) is 4.24. The molecular weight excluding hydrogens is 272 g/mol. The molecule has 1 aliphatic heterocycles. The SMILES string of the molecule is CN=C(NCCOc1cccnc1)NC1CCCSC1. The van der Waals surface area contributed by atoms with Gasteiger partial charge < -0.3 is 15.4 Å². The number of guanidine groups is 1. The van der Waals surface area contributed by atoms with Gasteiger partial charge in [0.05, 0.1) is 12.7 Å². The van der Waals surface area contributed by atoms with E-state index in [0.717, 1.165) is 17.5 Å². The van der Waals surface area contributed by atoms with Crippen LogP contribution in [0.15, 0.2) is 29.5 Å². The van der Waals surface area contributed by atoms with E-state index in [-0.39, 0.29) is 0 Å². The molecule has 0 aliphatic carbocycles. The number of pyridine rings is 1. The van der Waals surface area contributed by atoms with E-state index in [1.165, 1.54) is 18.6 Å². The fourth-order valence-corrected chi connectivity index (χ4v) is 3.09. The van der Waals surface area contributed by atoms with Crippen LogP contribution in [0.3, 0.4) is 0 Å². The number of thioether (sulfide) groups is 1. The van der Waals surface area contributed by atoms with Crippen LogP contribution >= 0.6 is 11.8 Å². The molecule has 0 radical (unpaired) electrons. The summed E-state index contributed by atoms with van der Waals surface area (Å²) in [5.74, 6) is 4.09. The van der Waals surface area contributed by atoms with E-state index < -0.39 is 0 Å². The third-order valence-electron chi connectivity index (χ3n) is 3.02. The maximum absolute atomic E-state index is 5.58. The molecule has 6 heteroatoms. The first-order valence-electron chi connectivity index (χ1n) is 6.96. The van der Waals surface area contributed by atoms with Gasteiger partial charge in [0.15, 0.2) is 5.96 Å². The van der Waals surface area contributed by atoms with Crippen molar-refractivity contribution in [3.05, 3.63) is 24.5 Å². The van der Waals surface area contributed by atoms with E-state index in [1.54, 1.807) is 19.4 Å². The van der Waals surface area contributed by atoms with Crippen molar-refractivity contribution in [2.75, 3.05) is 31.7 Å². The number of rotatable bonds is 5. The molecule has 2 N–H and O–H groups in total. The van der Waals surface area contributed by atoms with Crippen LogP contribution in [-0.2, 0) is 0 Å². The van der Waals surface area contributed by atoms with Crippen molar-refractivity contribution in [3.8, 4) is 5.75 Å². The maximum Gasteiger partial charge on any atom is 0.191 e. The third kappa shape index (κ3) is 5.28. The van der Waals surface area contributed by atoms with Crippen molar-refractivity contribution in [2.45, 2.75) is 18.9 Å². The highest BCUT2D eigenvalue weighted by Gasteiger charge is 2.14. The highest BCUT2D eigenvalue weighted by Crippen LogP contribution is 2.16. The van der Waals surface area contributed by atoms with Gasteiger partial charge in [-0.05, 0) is 30.7 Å². The molecular formula is C14H22N4OS. The molecule has 0 amide bonds. The summed E-state index contributed by atoms with van der Waals surface area (Å²) in [5.41, 5.74) is 0. The summed E-state index contributed by atoms with van der Waals surface area (Å²) >= 11 is 2.00. The molecule has 1 atom stereocenters. The van der Waals surface area contributed by atoms with Crippen molar-refractivity contribution < 1.29 is 4.74 Å². The molecule has 0 spiro atoms. The van der Waals surface area contributed by atoms with E-state index in [4.69, 9.17) is 4.74 Å². The molecule has 1 unspecified atom stereocenters. The predicted molar refractivity (Wildman–Crippen MR) is 84.6 cm³/mol. The van der Waals surface area contributed by atoms with Gasteiger partial charge in [0.1, 0.15) is 12.4 Å². The van der Waals surface area contributed by atoms with Gasteiger partial charge in [-0.1, -0.05) is 0 Å². The summed E-state index contributed by atoms with van der Waals surface area (Å²) in [6.45, 7) is 1.31. The first-order valence-corrected chi connectivity index (χ1v) is 8.11. The molecule has 20 heavy (non-hydrogen) atoms. The van der Waals surface area contributed by atoms with Gasteiger partial charge in [-0.25, -0.2) is 0 Å². The number of ether oxygens (including phenoxy) is 1. The largest absolute Gasteiger partial charge is 0.490 e. The van der Waals surface area contributed by atoms with Gasteiger partial charge in [0.2, 0.25) is 0 Å². The molecule has 1 fully saturated rings. The van der Waals surface area contributed by atoms with Crippen molar-refractivity contribution >= 4 is 17.7 Å². The van der Waals surface area contributed by atoms with Crippen molar-refractivity contribution in [2.24, 2.45) is 4.99 Å². The second-order valence-electron chi connectivity index (χ2n) is 4.59. The van der Waals surface area contributed by atoms with Crippen LogP contribution in [0.5, 0.6) is 5.75 Å². The Kier molecular flexibility index (Phi) is 6.50. The number of hydrogen-bond acceptors (Lipinski definition) is 4. The van der Waals surface area contributed by atoms with Crippen LogP contribution in [-0.4, -0.2) is 48.7 Å². The topological polar surface area (TPSA) is 58.5 Å². The molecule has 0 aromatic carbocycles. The Morgan fingerprint density at radius 1 is 1.60 bits per heavy atom. The molecule has 0 bridgehead atoms. The Labute approximate surface area is 124 Å². The quantitative estimate of drug-likeness (QED) is 0.490. The van der Waals surface area contributed by atoms with Crippen LogP contribution in [0.1, 0.15) is 12.8 Å². The number of aromatic nitrogens is 1. The lowest BCUT2D eigenvalue weighted by atomic mass is 10.2. The Morgan fingerprint density at radius 3 is 3.25 bits per heavy atom. The zero-order valence-electron chi connectivity index (χ0n) is 11.8. The maximum atomic E-state index is 5.58. The number of nitrogens with one attached hydrogen (secondary N) is 2. The van der Waals surface area contributed by atoms with Crippen LogP contribution in [0, 0.1) is 0 Å². The summed E-state index contributed by atoms with van der Waals surface area (Å²) in [5, 5.41) is 6.73. The van der Waals surface area contributed by atoms with Crippen molar-refractivity contribution in [1.82, 2.24) is 15.6 Å². The summed E-state index contributed by atoms with van der Waals surface area (Å²) in [4.78, 5) is 8.25. The molecule has 110 valence electrons.